The maximum atomic E-state index is 12.8. The Morgan fingerprint density at radius 3 is 1.49 bits per heavy atom. The second-order valence-corrected chi connectivity index (χ2v) is 15.3. The van der Waals surface area contributed by atoms with Crippen LogP contribution in [0.5, 0.6) is 23.1 Å². The van der Waals surface area contributed by atoms with Crippen molar-refractivity contribution < 1.29 is 32.1 Å². The number of ether oxygens (including phenoxy) is 4. The van der Waals surface area contributed by atoms with E-state index >= 15 is 0 Å². The van der Waals surface area contributed by atoms with Crippen molar-refractivity contribution in [1.29, 1.82) is 0 Å². The zero-order valence-corrected chi connectivity index (χ0v) is 40.9. The molecule has 0 spiro atoms. The van der Waals surface area contributed by atoms with Crippen LogP contribution in [0.15, 0.2) is 143 Å². The van der Waals surface area contributed by atoms with Gasteiger partial charge in [0.2, 0.25) is 5.88 Å². The van der Waals surface area contributed by atoms with Gasteiger partial charge in [-0.1, -0.05) is 59.6 Å². The van der Waals surface area contributed by atoms with E-state index in [2.05, 4.69) is 52.5 Å². The number of nitrogen functional groups attached to an aromatic ring is 1. The Hall–Kier alpha value is -7.30. The minimum Gasteiger partial charge on any atom is -0.496 e. The largest absolute Gasteiger partial charge is 0.496 e. The van der Waals surface area contributed by atoms with E-state index in [4.69, 9.17) is 84.5 Å². The van der Waals surface area contributed by atoms with E-state index in [0.29, 0.717) is 48.8 Å². The molecule has 360 valence electrons. The highest BCUT2D eigenvalue weighted by Gasteiger charge is 2.33. The van der Waals surface area contributed by atoms with Gasteiger partial charge in [0.1, 0.15) is 22.9 Å². The summed E-state index contributed by atoms with van der Waals surface area (Å²) in [7, 11) is 6.30. The number of alkyl halides is 3. The molecule has 0 saturated heterocycles. The molecule has 0 amide bonds. The van der Waals surface area contributed by atoms with Crippen LogP contribution in [0, 0.1) is 0 Å². The van der Waals surface area contributed by atoms with Crippen molar-refractivity contribution in [2.24, 2.45) is 15.3 Å². The molecular formula is C46H44Cl2F3N11O4S3. The summed E-state index contributed by atoms with van der Waals surface area (Å²) < 4.78 is 59.3. The Morgan fingerprint density at radius 1 is 0.580 bits per heavy atom. The van der Waals surface area contributed by atoms with Gasteiger partial charge in [-0.2, -0.15) is 28.5 Å². The predicted molar refractivity (Wildman–Crippen MR) is 283 cm³/mol. The second kappa shape index (κ2) is 28.1. The minimum atomic E-state index is -4.54. The fourth-order valence-corrected chi connectivity index (χ4v) is 6.33. The van der Waals surface area contributed by atoms with Crippen molar-refractivity contribution in [3.63, 3.8) is 0 Å². The van der Waals surface area contributed by atoms with Gasteiger partial charge in [0, 0.05) is 39.3 Å². The van der Waals surface area contributed by atoms with Crippen LogP contribution in [0.25, 0.3) is 0 Å². The van der Waals surface area contributed by atoms with Gasteiger partial charge in [0.05, 0.1) is 63.4 Å². The van der Waals surface area contributed by atoms with Crippen LogP contribution in [-0.2, 0) is 6.18 Å². The predicted octanol–water partition coefficient (Wildman–Crippen LogP) is 10.4. The SMILES string of the molecule is COc1ccccc1/C=N/NC(=S)Nc1ccc(Cl)cc1Cl.COc1ccccc1/C=N/NC(=S)Nc1ccc(N)c(C(F)(F)F)c1.COc1ccccc1/C=N/NC(=S)Nc1cccnc1OC. The van der Waals surface area contributed by atoms with Crippen LogP contribution in [0.3, 0.4) is 0 Å². The first kappa shape index (κ1) is 54.3. The molecular weight excluding hydrogens is 995 g/mol. The zero-order chi connectivity index (χ0) is 50.2. The number of nitrogens with two attached hydrogens (primary N) is 1. The summed E-state index contributed by atoms with van der Waals surface area (Å²) in [6.07, 6.45) is 1.83. The molecule has 8 N–H and O–H groups in total. The fraction of sp³-hybridized carbons (Fsp3) is 0.109. The van der Waals surface area contributed by atoms with E-state index in [9.17, 15) is 13.2 Å². The highest BCUT2D eigenvalue weighted by molar-refractivity contribution is 7.80. The lowest BCUT2D eigenvalue weighted by Gasteiger charge is -2.13. The number of halogens is 5. The topological polar surface area (TPSA) is 185 Å². The van der Waals surface area contributed by atoms with Crippen LogP contribution < -0.4 is 56.9 Å². The maximum absolute atomic E-state index is 12.8. The Labute approximate surface area is 422 Å². The third kappa shape index (κ3) is 18.4. The van der Waals surface area contributed by atoms with Gasteiger partial charge in [-0.15, -0.1) is 0 Å². The number of benzene rings is 5. The highest BCUT2D eigenvalue weighted by atomic mass is 35.5. The number of thiocarbonyl (C=S) groups is 3. The van der Waals surface area contributed by atoms with Crippen molar-refractivity contribution in [3.05, 3.63) is 160 Å². The summed E-state index contributed by atoms with van der Waals surface area (Å²) in [5, 5.41) is 22.3. The Balaban J connectivity index is 0.000000226. The molecule has 0 aliphatic carbocycles. The maximum Gasteiger partial charge on any atom is 0.418 e. The molecule has 0 atom stereocenters. The van der Waals surface area contributed by atoms with Crippen molar-refractivity contribution in [1.82, 2.24) is 21.3 Å². The van der Waals surface area contributed by atoms with Crippen molar-refractivity contribution >= 4 is 117 Å². The van der Waals surface area contributed by atoms with E-state index in [-0.39, 0.29) is 16.5 Å². The minimum absolute atomic E-state index is 0.0315. The number of hydrazone groups is 3. The molecule has 0 aliphatic heterocycles. The molecule has 1 aromatic heterocycles. The van der Waals surface area contributed by atoms with Gasteiger partial charge in [0.15, 0.2) is 15.3 Å². The number of para-hydroxylation sites is 3. The van der Waals surface area contributed by atoms with Crippen molar-refractivity contribution in [3.8, 4) is 23.1 Å². The number of methoxy groups -OCH3 is 4. The molecule has 0 radical (unpaired) electrons. The number of pyridine rings is 1. The van der Waals surface area contributed by atoms with Gasteiger partial charge < -0.3 is 40.6 Å². The number of nitrogens with one attached hydrogen (secondary N) is 6. The van der Waals surface area contributed by atoms with Crippen LogP contribution in [-0.4, -0.2) is 67.4 Å². The molecule has 6 rings (SSSR count). The smallest absolute Gasteiger partial charge is 0.418 e. The lowest BCUT2D eigenvalue weighted by molar-refractivity contribution is -0.136. The molecule has 0 aliphatic rings. The third-order valence-electron chi connectivity index (χ3n) is 8.53. The Morgan fingerprint density at radius 2 is 1.04 bits per heavy atom. The Kier molecular flexibility index (Phi) is 22.1. The summed E-state index contributed by atoms with van der Waals surface area (Å²) in [4.78, 5) is 4.07. The van der Waals surface area contributed by atoms with E-state index < -0.39 is 11.7 Å². The third-order valence-corrected chi connectivity index (χ3v) is 9.66. The quantitative estimate of drug-likeness (QED) is 0.0251. The number of nitrogens with zero attached hydrogens (tertiary/aromatic N) is 4. The van der Waals surface area contributed by atoms with Crippen molar-refractivity contribution in [2.75, 3.05) is 50.1 Å². The van der Waals surface area contributed by atoms with Gasteiger partial charge >= 0.3 is 6.18 Å². The average molecular weight is 1040 g/mol. The molecule has 1 heterocycles. The van der Waals surface area contributed by atoms with Crippen LogP contribution in [0.1, 0.15) is 22.3 Å². The molecule has 15 nitrogen and oxygen atoms in total. The first-order valence-electron chi connectivity index (χ1n) is 19.8. The summed E-state index contributed by atoms with van der Waals surface area (Å²) in [6.45, 7) is 0. The monoisotopic (exact) mass is 1040 g/mol. The van der Waals surface area contributed by atoms with E-state index in [1.54, 1.807) is 76.4 Å². The normalized spacial score (nSPS) is 10.7. The van der Waals surface area contributed by atoms with Gasteiger partial charge in [-0.3, -0.25) is 16.3 Å². The molecule has 23 heteroatoms. The summed E-state index contributed by atoms with van der Waals surface area (Å²) in [5.74, 6) is 2.55. The second-order valence-electron chi connectivity index (χ2n) is 13.2. The Bertz CT molecular complexity index is 2770. The summed E-state index contributed by atoms with van der Waals surface area (Å²) >= 11 is 27.2. The summed E-state index contributed by atoms with van der Waals surface area (Å²) in [5.41, 5.74) is 15.9. The van der Waals surface area contributed by atoms with Gasteiger partial charge in [-0.25, -0.2) is 4.98 Å². The van der Waals surface area contributed by atoms with Crippen molar-refractivity contribution in [2.45, 2.75) is 6.18 Å². The van der Waals surface area contributed by atoms with Gasteiger partial charge in [-0.05, 0) is 122 Å². The number of rotatable bonds is 13. The first-order valence-corrected chi connectivity index (χ1v) is 21.7. The lowest BCUT2D eigenvalue weighted by atomic mass is 10.1. The van der Waals surface area contributed by atoms with E-state index in [1.807, 2.05) is 66.7 Å². The number of hydrogen-bond donors (Lipinski definition) is 7. The molecule has 0 bridgehead atoms. The van der Waals surface area contributed by atoms with Crippen LogP contribution >= 0.6 is 59.9 Å². The van der Waals surface area contributed by atoms with Crippen LogP contribution in [0.4, 0.5) is 35.9 Å². The van der Waals surface area contributed by atoms with Gasteiger partial charge in [0.25, 0.3) is 0 Å². The zero-order valence-electron chi connectivity index (χ0n) is 37.0. The molecule has 5 aromatic carbocycles. The highest BCUT2D eigenvalue weighted by Crippen LogP contribution is 2.35. The molecule has 0 unspecified atom stereocenters. The number of hydrogen-bond acceptors (Lipinski definition) is 12. The number of aromatic nitrogens is 1. The number of anilines is 4. The molecule has 0 saturated carbocycles. The lowest BCUT2D eigenvalue weighted by Crippen LogP contribution is -2.24. The summed E-state index contributed by atoms with van der Waals surface area (Å²) in [6, 6.07) is 34.4. The molecule has 0 fully saturated rings. The van der Waals surface area contributed by atoms with E-state index in [0.717, 1.165) is 34.8 Å². The van der Waals surface area contributed by atoms with E-state index in [1.165, 1.54) is 19.4 Å². The molecule has 6 aromatic rings. The average Bonchev–Trinajstić information content (AvgIpc) is 3.33. The first-order chi connectivity index (χ1) is 33.1. The fourth-order valence-electron chi connectivity index (χ4n) is 5.38. The van der Waals surface area contributed by atoms with Crippen LogP contribution in [0.2, 0.25) is 10.0 Å². The molecule has 69 heavy (non-hydrogen) atoms. The standard InChI is InChI=1S/C16H15F3N4OS.C15H13Cl2N3OS.C15H16N4O2S/c1-24-14-5-3-2-4-10(14)9-21-23-15(25)22-11-6-7-13(20)12(8-11)16(17,18)19;1-21-14-5-3-2-4-10(14)9-18-20-15(22)19-13-7-6-11(16)8-12(13)17;1-20-13-8-4-3-6-11(13)10-17-19-15(22)18-12-7-5-9-16-14(12)21-2/h2-9H,20H2,1H3,(H2,22,23,25);2-9H,1H3,(H2,19,20,22);3-10H,1-2H3,(H2,18,19,22)/b21-9+;18-9+;17-10+.